The van der Waals surface area contributed by atoms with Crippen molar-refractivity contribution in [2.75, 3.05) is 12.0 Å². The maximum Gasteiger partial charge on any atom is 0.326 e. The van der Waals surface area contributed by atoms with Gasteiger partial charge in [-0.2, -0.15) is 11.8 Å². The van der Waals surface area contributed by atoms with Crippen LogP contribution in [0.4, 0.5) is 0 Å². The second kappa shape index (κ2) is 11.3. The van der Waals surface area contributed by atoms with E-state index in [-0.39, 0.29) is 11.8 Å². The molecule has 5 N–H and O–H groups in total. The molecule has 0 fully saturated rings. The normalized spacial score (nSPS) is 16.1. The molecule has 0 aromatic heterocycles. The predicted octanol–water partition coefficient (Wildman–Crippen LogP) is 0.823. The monoisotopic (exact) mass is 361 g/mol. The molecule has 0 aliphatic rings. The van der Waals surface area contributed by atoms with E-state index >= 15 is 0 Å². The van der Waals surface area contributed by atoms with Gasteiger partial charge in [-0.05, 0) is 30.3 Å². The van der Waals surface area contributed by atoms with E-state index in [4.69, 9.17) is 5.73 Å². The van der Waals surface area contributed by atoms with Crippen molar-refractivity contribution in [1.29, 1.82) is 0 Å². The number of carbonyl (C=O) groups excluding carboxylic acids is 2. The van der Waals surface area contributed by atoms with Crippen molar-refractivity contribution in [1.82, 2.24) is 10.6 Å². The molecule has 0 aromatic rings. The van der Waals surface area contributed by atoms with Gasteiger partial charge in [0.25, 0.3) is 0 Å². The average molecular weight is 362 g/mol. The Kier molecular flexibility index (Phi) is 10.7. The first kappa shape index (κ1) is 22.7. The summed E-state index contributed by atoms with van der Waals surface area (Å²) in [5, 5.41) is 14.5. The Morgan fingerprint density at radius 1 is 1.12 bits per heavy atom. The molecular weight excluding hydrogens is 330 g/mol. The van der Waals surface area contributed by atoms with Crippen molar-refractivity contribution in [3.05, 3.63) is 0 Å². The molecule has 140 valence electrons. The molecule has 0 saturated carbocycles. The highest BCUT2D eigenvalue weighted by Gasteiger charge is 2.30. The average Bonchev–Trinajstić information content (AvgIpc) is 2.53. The second-order valence-corrected chi connectivity index (χ2v) is 7.31. The van der Waals surface area contributed by atoms with Gasteiger partial charge in [-0.3, -0.25) is 9.59 Å². The number of amides is 2. The zero-order valence-corrected chi connectivity index (χ0v) is 16.0. The van der Waals surface area contributed by atoms with Gasteiger partial charge in [0.15, 0.2) is 0 Å². The molecule has 0 saturated heterocycles. The van der Waals surface area contributed by atoms with Gasteiger partial charge in [-0.1, -0.05) is 34.1 Å². The third-order valence-corrected chi connectivity index (χ3v) is 4.69. The van der Waals surface area contributed by atoms with E-state index in [0.717, 1.165) is 0 Å². The largest absolute Gasteiger partial charge is 0.480 e. The summed E-state index contributed by atoms with van der Waals surface area (Å²) in [4.78, 5) is 36.0. The number of aliphatic carboxylic acids is 1. The lowest BCUT2D eigenvalue weighted by atomic mass is 9.98. The van der Waals surface area contributed by atoms with Gasteiger partial charge < -0.3 is 21.5 Å². The molecule has 2 amide bonds. The number of nitrogens with two attached hydrogens (primary N) is 1. The Morgan fingerprint density at radius 2 is 1.71 bits per heavy atom. The molecule has 0 spiro atoms. The van der Waals surface area contributed by atoms with Crippen LogP contribution in [-0.2, 0) is 14.4 Å². The number of hydrogen-bond acceptors (Lipinski definition) is 5. The van der Waals surface area contributed by atoms with Crippen LogP contribution in [0.25, 0.3) is 0 Å². The fraction of sp³-hybridized carbons (Fsp3) is 0.812. The number of thioether (sulfide) groups is 1. The highest BCUT2D eigenvalue weighted by Crippen LogP contribution is 2.10. The van der Waals surface area contributed by atoms with Crippen LogP contribution in [0.5, 0.6) is 0 Å². The zero-order valence-electron chi connectivity index (χ0n) is 15.2. The van der Waals surface area contributed by atoms with Crippen LogP contribution in [0, 0.1) is 11.8 Å². The third-order valence-electron chi connectivity index (χ3n) is 4.04. The molecular formula is C16H31N3O4S. The smallest absolute Gasteiger partial charge is 0.326 e. The first-order chi connectivity index (χ1) is 11.1. The summed E-state index contributed by atoms with van der Waals surface area (Å²) in [6, 6.07) is -2.48. The first-order valence-corrected chi connectivity index (χ1v) is 9.63. The number of hydrogen-bond donors (Lipinski definition) is 4. The number of nitrogens with one attached hydrogen (secondary N) is 2. The summed E-state index contributed by atoms with van der Waals surface area (Å²) in [6.07, 6.45) is 2.93. The summed E-state index contributed by atoms with van der Waals surface area (Å²) < 4.78 is 0. The van der Waals surface area contributed by atoms with Gasteiger partial charge in [0, 0.05) is 0 Å². The van der Waals surface area contributed by atoms with Crippen molar-refractivity contribution in [2.24, 2.45) is 17.6 Å². The Labute approximate surface area is 148 Å². The van der Waals surface area contributed by atoms with Crippen LogP contribution in [0.2, 0.25) is 0 Å². The Balaban J connectivity index is 5.04. The van der Waals surface area contributed by atoms with E-state index in [2.05, 4.69) is 10.6 Å². The Morgan fingerprint density at radius 3 is 2.12 bits per heavy atom. The minimum Gasteiger partial charge on any atom is -0.480 e. The van der Waals surface area contributed by atoms with E-state index in [1.165, 1.54) is 0 Å². The van der Waals surface area contributed by atoms with Crippen molar-refractivity contribution >= 4 is 29.5 Å². The van der Waals surface area contributed by atoms with Gasteiger partial charge in [0.05, 0.1) is 6.04 Å². The molecule has 8 heteroatoms. The minimum absolute atomic E-state index is 0.0545. The molecule has 0 bridgehead atoms. The third kappa shape index (κ3) is 7.53. The van der Waals surface area contributed by atoms with Crippen molar-refractivity contribution < 1.29 is 19.5 Å². The quantitative estimate of drug-likeness (QED) is 0.432. The highest BCUT2D eigenvalue weighted by atomic mass is 32.2. The van der Waals surface area contributed by atoms with Gasteiger partial charge in [-0.25, -0.2) is 4.79 Å². The number of carboxylic acid groups (broad SMARTS) is 1. The molecule has 0 heterocycles. The summed E-state index contributed by atoms with van der Waals surface area (Å²) in [6.45, 7) is 7.28. The molecule has 24 heavy (non-hydrogen) atoms. The van der Waals surface area contributed by atoms with Crippen LogP contribution in [0.3, 0.4) is 0 Å². The molecule has 0 radical (unpaired) electrons. The molecule has 4 atom stereocenters. The van der Waals surface area contributed by atoms with Crippen LogP contribution in [0.15, 0.2) is 0 Å². The standard InChI is InChI=1S/C16H31N3O4S/c1-6-10(4)13(16(22)23)19-14(20)11(7-8-24-5)18-15(21)12(17)9(2)3/h9-13H,6-8,17H2,1-5H3,(H,18,21)(H,19,20)(H,22,23). The lowest BCUT2D eigenvalue weighted by molar-refractivity contribution is -0.143. The Hall–Kier alpha value is -1.28. The summed E-state index contributed by atoms with van der Waals surface area (Å²) in [7, 11) is 0. The van der Waals surface area contributed by atoms with Crippen molar-refractivity contribution in [3.8, 4) is 0 Å². The molecule has 0 aliphatic heterocycles. The topological polar surface area (TPSA) is 122 Å². The number of rotatable bonds is 11. The van der Waals surface area contributed by atoms with E-state index in [1.807, 2.05) is 27.0 Å². The van der Waals surface area contributed by atoms with E-state index in [9.17, 15) is 19.5 Å². The van der Waals surface area contributed by atoms with Gasteiger partial charge >= 0.3 is 5.97 Å². The van der Waals surface area contributed by atoms with Crippen molar-refractivity contribution in [3.63, 3.8) is 0 Å². The molecule has 7 nitrogen and oxygen atoms in total. The first-order valence-electron chi connectivity index (χ1n) is 8.23. The summed E-state index contributed by atoms with van der Waals surface area (Å²) in [5.74, 6) is -1.56. The fourth-order valence-electron chi connectivity index (χ4n) is 2.01. The maximum absolute atomic E-state index is 12.5. The lowest BCUT2D eigenvalue weighted by Gasteiger charge is -2.25. The fourth-order valence-corrected chi connectivity index (χ4v) is 2.48. The molecule has 0 aliphatic carbocycles. The van der Waals surface area contributed by atoms with Gasteiger partial charge in [0.2, 0.25) is 11.8 Å². The van der Waals surface area contributed by atoms with Gasteiger partial charge in [0.1, 0.15) is 12.1 Å². The van der Waals surface area contributed by atoms with Crippen molar-refractivity contribution in [2.45, 2.75) is 58.7 Å². The van der Waals surface area contributed by atoms with Gasteiger partial charge in [-0.15, -0.1) is 0 Å². The van der Waals surface area contributed by atoms with Crippen LogP contribution in [-0.4, -0.2) is 53.0 Å². The molecule has 0 rings (SSSR count). The molecule has 0 aromatic carbocycles. The van der Waals surface area contributed by atoms with E-state index < -0.39 is 35.9 Å². The van der Waals surface area contributed by atoms with Crippen LogP contribution >= 0.6 is 11.8 Å². The minimum atomic E-state index is -1.08. The highest BCUT2D eigenvalue weighted by molar-refractivity contribution is 7.98. The van der Waals surface area contributed by atoms with Crippen LogP contribution < -0.4 is 16.4 Å². The molecule has 4 unspecified atom stereocenters. The maximum atomic E-state index is 12.5. The second-order valence-electron chi connectivity index (χ2n) is 6.32. The van der Waals surface area contributed by atoms with E-state index in [1.54, 1.807) is 18.7 Å². The van der Waals surface area contributed by atoms with Crippen LogP contribution in [0.1, 0.15) is 40.5 Å². The summed E-state index contributed by atoms with van der Waals surface area (Å²) >= 11 is 1.55. The number of carbonyl (C=O) groups is 3. The zero-order chi connectivity index (χ0) is 18.9. The summed E-state index contributed by atoms with van der Waals surface area (Å²) in [5.41, 5.74) is 5.81. The SMILES string of the molecule is CCC(C)C(NC(=O)C(CCSC)NC(=O)C(N)C(C)C)C(=O)O. The lowest BCUT2D eigenvalue weighted by Crippen LogP contribution is -2.56. The Bertz CT molecular complexity index is 432. The predicted molar refractivity (Wildman–Crippen MR) is 96.8 cm³/mol. The number of carboxylic acids is 1. The van der Waals surface area contributed by atoms with E-state index in [0.29, 0.717) is 18.6 Å².